The third-order valence-corrected chi connectivity index (χ3v) is 2.26. The van der Waals surface area contributed by atoms with Crippen LogP contribution in [0.4, 0.5) is 4.39 Å². The minimum Gasteiger partial charge on any atom is -0.390 e. The molecule has 0 aromatic carbocycles. The zero-order valence-electron chi connectivity index (χ0n) is 6.59. The summed E-state index contributed by atoms with van der Waals surface area (Å²) in [5, 5.41) is 0. The maximum Gasteiger partial charge on any atom is 0.0900 e. The van der Waals surface area contributed by atoms with Gasteiger partial charge in [-0.3, -0.25) is 4.39 Å². The summed E-state index contributed by atoms with van der Waals surface area (Å²) in [7, 11) is 0. The molecule has 1 aliphatic carbocycles. The van der Waals surface area contributed by atoms with Gasteiger partial charge in [0, 0.05) is 21.1 Å². The number of nitrogens with zero attached hydrogens (tertiary/aromatic N) is 1. The average Bonchev–Trinajstić information content (AvgIpc) is 2.86. The second-order valence-electron chi connectivity index (χ2n) is 3.07. The minimum atomic E-state index is -0.280. The zero-order valence-corrected chi connectivity index (χ0v) is 9.52. The summed E-state index contributed by atoms with van der Waals surface area (Å²) in [6.07, 6.45) is 4.60. The van der Waals surface area contributed by atoms with E-state index in [4.69, 9.17) is 0 Å². The predicted molar refractivity (Wildman–Crippen MR) is 40.0 cm³/mol. The first kappa shape index (κ1) is 9.85. The first-order chi connectivity index (χ1) is 5.37. The van der Waals surface area contributed by atoms with Gasteiger partial charge in [-0.25, -0.2) is 0 Å². The molecule has 0 bridgehead atoms. The number of alkyl halides is 1. The topological polar surface area (TPSA) is 12.9 Å². The normalized spacial score (nSPS) is 18.1. The molecule has 1 aliphatic rings. The van der Waals surface area contributed by atoms with E-state index in [9.17, 15) is 4.39 Å². The van der Waals surface area contributed by atoms with Crippen LogP contribution in [-0.4, -0.2) is 11.7 Å². The number of rotatable bonds is 2. The van der Waals surface area contributed by atoms with E-state index in [0.717, 1.165) is 18.5 Å². The monoisotopic (exact) mass is 334 g/mol. The molecule has 64 valence electrons. The molecule has 0 N–H and O–H groups in total. The molecule has 3 heteroatoms. The Kier molecular flexibility index (Phi) is 3.00. The van der Waals surface area contributed by atoms with Crippen molar-refractivity contribution < 1.29 is 25.5 Å². The summed E-state index contributed by atoms with van der Waals surface area (Å²) >= 11 is 0. The van der Waals surface area contributed by atoms with Crippen molar-refractivity contribution in [2.75, 3.05) is 6.67 Å². The molecule has 12 heavy (non-hydrogen) atoms. The van der Waals surface area contributed by atoms with E-state index in [-0.39, 0.29) is 33.2 Å². The van der Waals surface area contributed by atoms with Gasteiger partial charge in [-0.05, 0) is 5.41 Å². The zero-order chi connectivity index (χ0) is 7.73. The van der Waals surface area contributed by atoms with E-state index in [0.29, 0.717) is 0 Å². The van der Waals surface area contributed by atoms with Gasteiger partial charge >= 0.3 is 0 Å². The smallest absolute Gasteiger partial charge is 0.0900 e. The molecule has 0 aliphatic heterocycles. The summed E-state index contributed by atoms with van der Waals surface area (Å²) < 4.78 is 12.5. The van der Waals surface area contributed by atoms with Crippen LogP contribution < -0.4 is 0 Å². The third kappa shape index (κ3) is 1.58. The van der Waals surface area contributed by atoms with Crippen LogP contribution in [0.5, 0.6) is 0 Å². The van der Waals surface area contributed by atoms with Crippen molar-refractivity contribution >= 4 is 0 Å². The molecule has 1 nitrogen and oxygen atoms in total. The average molecular weight is 334 g/mol. The molecule has 0 atom stereocenters. The van der Waals surface area contributed by atoms with E-state index in [1.54, 1.807) is 6.07 Å². The van der Waals surface area contributed by atoms with E-state index in [1.165, 1.54) is 0 Å². The molecule has 1 heterocycles. The van der Waals surface area contributed by atoms with E-state index >= 15 is 0 Å². The summed E-state index contributed by atoms with van der Waals surface area (Å²) in [5.41, 5.74) is 0.639. The van der Waals surface area contributed by atoms with Crippen LogP contribution in [0.15, 0.2) is 18.2 Å². The Morgan fingerprint density at radius 2 is 2.33 bits per heavy atom. The minimum absolute atomic E-state index is 0. The van der Waals surface area contributed by atoms with E-state index in [2.05, 4.69) is 11.2 Å². The van der Waals surface area contributed by atoms with Gasteiger partial charge in [-0.2, -0.15) is 18.2 Å². The van der Waals surface area contributed by atoms with Gasteiger partial charge in [-0.15, -0.1) is 0 Å². The Morgan fingerprint density at radius 3 is 2.75 bits per heavy atom. The molecule has 1 fully saturated rings. The molecule has 0 amide bonds. The molecule has 0 radical (unpaired) electrons. The molecular weight excluding hydrogens is 325 g/mol. The first-order valence-electron chi connectivity index (χ1n) is 3.77. The van der Waals surface area contributed by atoms with Crippen LogP contribution in [0.2, 0.25) is 0 Å². The number of hydrogen-bond donors (Lipinski definition) is 0. The molecule has 0 unspecified atom stereocenters. The summed E-state index contributed by atoms with van der Waals surface area (Å²) in [6.45, 7) is -0.280. The fraction of sp³-hybridized carbons (Fsp3) is 0.444. The molecule has 1 saturated carbocycles. The number of halogens is 1. The number of hydrogen-bond acceptors (Lipinski definition) is 1. The molecule has 2 rings (SSSR count). The SMILES string of the molecule is FCC1(c2ccc[c-]n2)CC1.[W]. The fourth-order valence-electron chi connectivity index (χ4n) is 1.23. The van der Waals surface area contributed by atoms with Gasteiger partial charge in [0.15, 0.2) is 0 Å². The van der Waals surface area contributed by atoms with Gasteiger partial charge in [0.25, 0.3) is 0 Å². The quantitative estimate of drug-likeness (QED) is 0.753. The molecule has 0 saturated heterocycles. The Hall–Kier alpha value is -0.232. The van der Waals surface area contributed by atoms with Crippen LogP contribution in [0.1, 0.15) is 18.5 Å². The first-order valence-corrected chi connectivity index (χ1v) is 3.77. The fourth-order valence-corrected chi connectivity index (χ4v) is 1.23. The van der Waals surface area contributed by atoms with Gasteiger partial charge < -0.3 is 4.98 Å². The molecular formula is C9H9FNW-. The number of aromatic nitrogens is 1. The Labute approximate surface area is 85.7 Å². The van der Waals surface area contributed by atoms with Gasteiger partial charge in [-0.1, -0.05) is 24.7 Å². The maximum absolute atomic E-state index is 12.5. The van der Waals surface area contributed by atoms with Crippen molar-refractivity contribution in [1.29, 1.82) is 0 Å². The van der Waals surface area contributed by atoms with Gasteiger partial charge in [0.2, 0.25) is 0 Å². The standard InChI is InChI=1S/C9H9FN.W/c10-7-9(4-5-9)8-3-1-2-6-11-8;/h1-3H,4-5,7H2;/q-1;. The predicted octanol–water partition coefficient (Wildman–Crippen LogP) is 1.88. The van der Waals surface area contributed by atoms with Crippen LogP contribution in [-0.2, 0) is 26.5 Å². The van der Waals surface area contributed by atoms with Crippen molar-refractivity contribution in [2.24, 2.45) is 0 Å². The van der Waals surface area contributed by atoms with Crippen LogP contribution in [0.25, 0.3) is 0 Å². The summed E-state index contributed by atoms with van der Waals surface area (Å²) in [6, 6.07) is 5.47. The molecule has 1 aromatic heterocycles. The van der Waals surface area contributed by atoms with Crippen molar-refractivity contribution in [1.82, 2.24) is 4.98 Å². The Balaban J connectivity index is 0.000000720. The van der Waals surface area contributed by atoms with Crippen molar-refractivity contribution in [2.45, 2.75) is 18.3 Å². The van der Waals surface area contributed by atoms with Crippen molar-refractivity contribution in [3.05, 3.63) is 30.1 Å². The van der Waals surface area contributed by atoms with Crippen LogP contribution >= 0.6 is 0 Å². The summed E-state index contributed by atoms with van der Waals surface area (Å²) in [5.74, 6) is 0. The van der Waals surface area contributed by atoms with Crippen molar-refractivity contribution in [3.8, 4) is 0 Å². The van der Waals surface area contributed by atoms with Crippen LogP contribution in [0, 0.1) is 6.20 Å². The van der Waals surface area contributed by atoms with Crippen molar-refractivity contribution in [3.63, 3.8) is 0 Å². The number of pyridine rings is 1. The van der Waals surface area contributed by atoms with Crippen LogP contribution in [0.3, 0.4) is 0 Å². The largest absolute Gasteiger partial charge is 0.390 e. The second-order valence-corrected chi connectivity index (χ2v) is 3.07. The van der Waals surface area contributed by atoms with Gasteiger partial charge in [0.1, 0.15) is 0 Å². The van der Waals surface area contributed by atoms with Gasteiger partial charge in [0.05, 0.1) is 6.67 Å². The third-order valence-electron chi connectivity index (χ3n) is 2.26. The Morgan fingerprint density at radius 1 is 1.58 bits per heavy atom. The summed E-state index contributed by atoms with van der Waals surface area (Å²) in [4.78, 5) is 4.02. The Bertz CT molecular complexity index is 246. The second kappa shape index (κ2) is 3.65. The van der Waals surface area contributed by atoms with E-state index < -0.39 is 0 Å². The molecule has 0 spiro atoms. The molecule has 1 aromatic rings. The van der Waals surface area contributed by atoms with E-state index in [1.807, 2.05) is 12.1 Å². The maximum atomic E-state index is 12.5.